The van der Waals surface area contributed by atoms with Crippen molar-refractivity contribution >= 4 is 17.2 Å². The van der Waals surface area contributed by atoms with E-state index in [1.54, 1.807) is 12.1 Å². The summed E-state index contributed by atoms with van der Waals surface area (Å²) < 4.78 is 13.1. The second-order valence-electron chi connectivity index (χ2n) is 5.76. The van der Waals surface area contributed by atoms with Gasteiger partial charge >= 0.3 is 0 Å². The zero-order valence-corrected chi connectivity index (χ0v) is 15.6. The van der Waals surface area contributed by atoms with Crippen LogP contribution in [0.4, 0.5) is 4.39 Å². The molecule has 2 aromatic rings. The Hall–Kier alpha value is -1.75. The lowest BCUT2D eigenvalue weighted by Gasteiger charge is -2.33. The SMILES string of the molecule is CC.Cc1nc(C(=O)N2CCCCC2C)c(-c2ccc(F)cc2)s1. The summed E-state index contributed by atoms with van der Waals surface area (Å²) in [7, 11) is 0. The zero-order valence-electron chi connectivity index (χ0n) is 14.8. The van der Waals surface area contributed by atoms with Crippen LogP contribution in [-0.4, -0.2) is 28.4 Å². The molecular weight excluding hydrogens is 323 g/mol. The molecule has 5 heteroatoms. The normalized spacial score (nSPS) is 17.2. The molecule has 3 rings (SSSR count). The maximum Gasteiger partial charge on any atom is 0.274 e. The lowest BCUT2D eigenvalue weighted by Crippen LogP contribution is -2.42. The van der Waals surface area contributed by atoms with Gasteiger partial charge in [0.25, 0.3) is 5.91 Å². The number of aryl methyl sites for hydroxylation is 1. The third-order valence-electron chi connectivity index (χ3n) is 4.11. The number of hydrogen-bond donors (Lipinski definition) is 0. The van der Waals surface area contributed by atoms with Crippen molar-refractivity contribution in [1.82, 2.24) is 9.88 Å². The molecule has 1 amide bonds. The molecule has 24 heavy (non-hydrogen) atoms. The summed E-state index contributed by atoms with van der Waals surface area (Å²) in [6.45, 7) is 8.78. The van der Waals surface area contributed by atoms with Crippen molar-refractivity contribution in [2.75, 3.05) is 6.54 Å². The van der Waals surface area contributed by atoms with E-state index in [4.69, 9.17) is 0 Å². The molecule has 3 nitrogen and oxygen atoms in total. The number of benzene rings is 1. The Morgan fingerprint density at radius 3 is 2.54 bits per heavy atom. The highest BCUT2D eigenvalue weighted by Crippen LogP contribution is 2.32. The van der Waals surface area contributed by atoms with Crippen LogP contribution >= 0.6 is 11.3 Å². The fourth-order valence-electron chi connectivity index (χ4n) is 2.90. The van der Waals surface area contributed by atoms with E-state index in [-0.39, 0.29) is 17.8 Å². The molecule has 0 saturated carbocycles. The van der Waals surface area contributed by atoms with E-state index in [2.05, 4.69) is 11.9 Å². The maximum atomic E-state index is 13.1. The van der Waals surface area contributed by atoms with Gasteiger partial charge in [0, 0.05) is 12.6 Å². The molecule has 0 spiro atoms. The fraction of sp³-hybridized carbons (Fsp3) is 0.474. The maximum absolute atomic E-state index is 13.1. The molecule has 130 valence electrons. The van der Waals surface area contributed by atoms with Crippen molar-refractivity contribution in [3.05, 3.63) is 40.8 Å². The van der Waals surface area contributed by atoms with Gasteiger partial charge in [-0.15, -0.1) is 11.3 Å². The molecular formula is C19H25FN2OS. The Kier molecular flexibility index (Phi) is 6.49. The summed E-state index contributed by atoms with van der Waals surface area (Å²) >= 11 is 1.49. The predicted octanol–water partition coefficient (Wildman–Crippen LogP) is 5.30. The van der Waals surface area contributed by atoms with Crippen LogP contribution in [0.5, 0.6) is 0 Å². The van der Waals surface area contributed by atoms with Crippen LogP contribution < -0.4 is 0 Å². The fourth-order valence-corrected chi connectivity index (χ4v) is 3.82. The first-order valence-electron chi connectivity index (χ1n) is 8.60. The van der Waals surface area contributed by atoms with Crippen molar-refractivity contribution in [3.63, 3.8) is 0 Å². The molecule has 0 radical (unpaired) electrons. The molecule has 0 N–H and O–H groups in total. The average molecular weight is 348 g/mol. The van der Waals surface area contributed by atoms with Crippen LogP contribution in [0.25, 0.3) is 10.4 Å². The molecule has 1 aliphatic rings. The van der Waals surface area contributed by atoms with Crippen molar-refractivity contribution in [2.24, 2.45) is 0 Å². The number of rotatable bonds is 2. The van der Waals surface area contributed by atoms with Crippen LogP contribution in [0.2, 0.25) is 0 Å². The number of halogens is 1. The van der Waals surface area contributed by atoms with E-state index in [0.29, 0.717) is 5.69 Å². The monoisotopic (exact) mass is 348 g/mol. The Labute approximate surface area is 147 Å². The van der Waals surface area contributed by atoms with E-state index < -0.39 is 0 Å². The molecule has 0 aliphatic carbocycles. The summed E-state index contributed by atoms with van der Waals surface area (Å²) in [6.07, 6.45) is 3.26. The van der Waals surface area contributed by atoms with Gasteiger partial charge in [-0.2, -0.15) is 0 Å². The van der Waals surface area contributed by atoms with Crippen molar-refractivity contribution in [3.8, 4) is 10.4 Å². The topological polar surface area (TPSA) is 33.2 Å². The summed E-state index contributed by atoms with van der Waals surface area (Å²) in [5, 5.41) is 0.854. The van der Waals surface area contributed by atoms with Gasteiger partial charge in [-0.25, -0.2) is 9.37 Å². The highest BCUT2D eigenvalue weighted by molar-refractivity contribution is 7.15. The molecule has 1 unspecified atom stereocenters. The van der Waals surface area contributed by atoms with Gasteiger partial charge in [0.05, 0.1) is 9.88 Å². The number of likely N-dealkylation sites (tertiary alicyclic amines) is 1. The first kappa shape index (κ1) is 18.6. The average Bonchev–Trinajstić information content (AvgIpc) is 2.99. The predicted molar refractivity (Wildman–Crippen MR) is 97.9 cm³/mol. The molecule has 1 aromatic heterocycles. The summed E-state index contributed by atoms with van der Waals surface area (Å²) in [4.78, 5) is 20.1. The second kappa shape index (κ2) is 8.38. The number of amides is 1. The highest BCUT2D eigenvalue weighted by atomic mass is 32.1. The van der Waals surface area contributed by atoms with E-state index in [9.17, 15) is 9.18 Å². The minimum absolute atomic E-state index is 0.00382. The molecule has 1 aliphatic heterocycles. The Morgan fingerprint density at radius 2 is 1.92 bits per heavy atom. The largest absolute Gasteiger partial charge is 0.335 e. The number of aromatic nitrogens is 1. The van der Waals surface area contributed by atoms with Crippen molar-refractivity contribution < 1.29 is 9.18 Å². The number of thiazole rings is 1. The molecule has 2 heterocycles. The van der Waals surface area contributed by atoms with Crippen LogP contribution in [0, 0.1) is 12.7 Å². The smallest absolute Gasteiger partial charge is 0.274 e. The number of hydrogen-bond acceptors (Lipinski definition) is 3. The highest BCUT2D eigenvalue weighted by Gasteiger charge is 2.28. The number of nitrogens with zero attached hydrogens (tertiary/aromatic N) is 2. The van der Waals surface area contributed by atoms with Gasteiger partial charge in [0.2, 0.25) is 0 Å². The van der Waals surface area contributed by atoms with Gasteiger partial charge in [-0.1, -0.05) is 26.0 Å². The van der Waals surface area contributed by atoms with E-state index in [0.717, 1.165) is 34.8 Å². The molecule has 0 bridgehead atoms. The molecule has 1 aromatic carbocycles. The summed E-state index contributed by atoms with van der Waals surface area (Å²) in [6, 6.07) is 6.51. The Bertz CT molecular complexity index is 681. The summed E-state index contributed by atoms with van der Waals surface area (Å²) in [5.41, 5.74) is 1.35. The quantitative estimate of drug-likeness (QED) is 0.738. The minimum atomic E-state index is -0.275. The van der Waals surface area contributed by atoms with Crippen LogP contribution in [0.15, 0.2) is 24.3 Å². The van der Waals surface area contributed by atoms with Crippen LogP contribution in [-0.2, 0) is 0 Å². The van der Waals surface area contributed by atoms with Gasteiger partial charge < -0.3 is 4.90 Å². The van der Waals surface area contributed by atoms with Crippen LogP contribution in [0.1, 0.15) is 55.5 Å². The van der Waals surface area contributed by atoms with Gasteiger partial charge in [0.1, 0.15) is 11.5 Å². The first-order chi connectivity index (χ1) is 11.6. The van der Waals surface area contributed by atoms with Crippen molar-refractivity contribution in [2.45, 2.75) is 53.0 Å². The van der Waals surface area contributed by atoms with E-state index in [1.165, 1.54) is 29.9 Å². The standard InChI is InChI=1S/C17H19FN2OS.C2H6/c1-11-5-3-4-10-20(11)17(21)15-16(22-12(2)19-15)13-6-8-14(18)9-7-13;1-2/h6-9,11H,3-5,10H2,1-2H3;1-2H3. The lowest BCUT2D eigenvalue weighted by atomic mass is 10.0. The Morgan fingerprint density at radius 1 is 1.25 bits per heavy atom. The van der Waals surface area contributed by atoms with Gasteiger partial charge in [0.15, 0.2) is 0 Å². The van der Waals surface area contributed by atoms with E-state index in [1.807, 2.05) is 25.7 Å². The molecule has 1 fully saturated rings. The molecule has 1 saturated heterocycles. The third kappa shape index (κ3) is 4.01. The Balaban J connectivity index is 0.00000100. The third-order valence-corrected chi connectivity index (χ3v) is 5.13. The summed E-state index contributed by atoms with van der Waals surface area (Å²) in [5.74, 6) is -0.279. The lowest BCUT2D eigenvalue weighted by molar-refractivity contribution is 0.0631. The van der Waals surface area contributed by atoms with E-state index >= 15 is 0 Å². The first-order valence-corrected chi connectivity index (χ1v) is 9.42. The van der Waals surface area contributed by atoms with Crippen molar-refractivity contribution in [1.29, 1.82) is 0 Å². The van der Waals surface area contributed by atoms with Gasteiger partial charge in [-0.3, -0.25) is 4.79 Å². The van der Waals surface area contributed by atoms with Gasteiger partial charge in [-0.05, 0) is 50.8 Å². The second-order valence-corrected chi connectivity index (χ2v) is 6.96. The minimum Gasteiger partial charge on any atom is -0.335 e. The van der Waals surface area contributed by atoms with Crippen LogP contribution in [0.3, 0.4) is 0 Å². The number of carbonyl (C=O) groups is 1. The molecule has 1 atom stereocenters. The zero-order chi connectivity index (χ0) is 17.7. The number of carbonyl (C=O) groups excluding carboxylic acids is 1. The number of piperidine rings is 1.